The van der Waals surface area contributed by atoms with Gasteiger partial charge in [-0.3, -0.25) is 14.4 Å². The summed E-state index contributed by atoms with van der Waals surface area (Å²) in [6.45, 7) is 1.82. The van der Waals surface area contributed by atoms with E-state index in [2.05, 4.69) is 10.3 Å². The molecule has 1 aliphatic heterocycles. The molecule has 12 heteroatoms. The largest absolute Gasteiger partial charge is 0.493 e. The van der Waals surface area contributed by atoms with Gasteiger partial charge in [0.25, 0.3) is 5.91 Å². The number of hydrogen-bond donors (Lipinski definition) is 1. The molecule has 12 nitrogen and oxygen atoms in total. The summed E-state index contributed by atoms with van der Waals surface area (Å²) < 4.78 is 33.6. The van der Waals surface area contributed by atoms with Gasteiger partial charge in [0.05, 0.1) is 38.3 Å². The van der Waals surface area contributed by atoms with Gasteiger partial charge in [-0.1, -0.05) is 12.8 Å². The quantitative estimate of drug-likeness (QED) is 0.388. The van der Waals surface area contributed by atoms with Crippen molar-refractivity contribution in [2.24, 2.45) is 5.92 Å². The van der Waals surface area contributed by atoms with Gasteiger partial charge in [0, 0.05) is 19.4 Å². The number of esters is 3. The third-order valence-electron chi connectivity index (χ3n) is 7.56. The Bertz CT molecular complexity index is 1090. The molecule has 2 heterocycles. The van der Waals surface area contributed by atoms with Gasteiger partial charge in [-0.2, -0.15) is 0 Å². The molecule has 41 heavy (non-hydrogen) atoms. The van der Waals surface area contributed by atoms with Crippen LogP contribution in [0.5, 0.6) is 11.5 Å². The molecule has 1 amide bonds. The Hall–Kier alpha value is -3.25. The smallest absolute Gasteiger partial charge is 0.329 e. The van der Waals surface area contributed by atoms with Crippen LogP contribution in [0.3, 0.4) is 0 Å². The van der Waals surface area contributed by atoms with Crippen LogP contribution >= 0.6 is 0 Å². The molecule has 1 aromatic rings. The fraction of sp³-hybridized carbons (Fsp3) is 0.690. The number of nitrogens with one attached hydrogen (secondary N) is 1. The molecule has 226 valence electrons. The summed E-state index contributed by atoms with van der Waals surface area (Å²) in [7, 11) is 2.83. The first-order valence-electron chi connectivity index (χ1n) is 14.4. The van der Waals surface area contributed by atoms with Crippen molar-refractivity contribution < 1.29 is 47.6 Å². The summed E-state index contributed by atoms with van der Waals surface area (Å²) in [6.07, 6.45) is 6.34. The highest BCUT2D eigenvalue weighted by molar-refractivity contribution is 5.98. The highest BCUT2D eigenvalue weighted by Gasteiger charge is 2.41. The summed E-state index contributed by atoms with van der Waals surface area (Å²) >= 11 is 0. The topological polar surface area (TPSA) is 149 Å². The molecule has 4 atom stereocenters. The molecule has 4 rings (SSSR count). The van der Waals surface area contributed by atoms with Gasteiger partial charge in [-0.25, -0.2) is 9.78 Å². The molecule has 0 unspecified atom stereocenters. The Morgan fingerprint density at radius 3 is 2.49 bits per heavy atom. The Morgan fingerprint density at radius 1 is 1.05 bits per heavy atom. The number of nitrogens with zero attached hydrogens (tertiary/aromatic N) is 1. The number of rotatable bonds is 11. The Morgan fingerprint density at radius 2 is 1.80 bits per heavy atom. The van der Waals surface area contributed by atoms with E-state index in [0.717, 1.165) is 38.5 Å². The molecule has 0 bridgehead atoms. The fourth-order valence-electron chi connectivity index (χ4n) is 5.14. The summed E-state index contributed by atoms with van der Waals surface area (Å²) in [5, 5.41) is 2.68. The number of pyridine rings is 1. The van der Waals surface area contributed by atoms with Crippen molar-refractivity contribution in [3.8, 4) is 11.5 Å². The first-order chi connectivity index (χ1) is 19.8. The summed E-state index contributed by atoms with van der Waals surface area (Å²) in [6, 6.07) is 0.444. The number of carbonyl (C=O) groups excluding carboxylic acids is 4. The minimum atomic E-state index is -1.01. The maximum atomic E-state index is 13.3. The van der Waals surface area contributed by atoms with E-state index < -0.39 is 42.2 Å². The first-order valence-corrected chi connectivity index (χ1v) is 14.4. The molecule has 3 aliphatic rings. The van der Waals surface area contributed by atoms with E-state index in [9.17, 15) is 19.2 Å². The van der Waals surface area contributed by atoms with Gasteiger partial charge < -0.3 is 33.7 Å². The SMILES string of the molecule is COCCC(=O)Oc1c(OC)ccnc1C(=O)N[C@H]1CCC[C@H](OC2CCCC2)[C@@H](OC(=O)C2CC2)[C@H](C)OC1=O. The third kappa shape index (κ3) is 8.38. The lowest BCUT2D eigenvalue weighted by molar-refractivity contribution is -0.184. The zero-order chi connectivity index (χ0) is 29.4. The van der Waals surface area contributed by atoms with Crippen LogP contribution in [0, 0.1) is 5.92 Å². The summed E-state index contributed by atoms with van der Waals surface area (Å²) in [5.74, 6) is -2.46. The van der Waals surface area contributed by atoms with Gasteiger partial charge in [-0.05, 0) is 51.9 Å². The van der Waals surface area contributed by atoms with E-state index in [4.69, 9.17) is 28.4 Å². The van der Waals surface area contributed by atoms with Gasteiger partial charge in [-0.15, -0.1) is 0 Å². The minimum absolute atomic E-state index is 0.0426. The van der Waals surface area contributed by atoms with Crippen LogP contribution in [0.1, 0.15) is 81.6 Å². The van der Waals surface area contributed by atoms with Crippen molar-refractivity contribution in [2.45, 2.75) is 102 Å². The molecule has 1 saturated heterocycles. The third-order valence-corrected chi connectivity index (χ3v) is 7.56. The average molecular weight is 577 g/mol. The van der Waals surface area contributed by atoms with E-state index in [0.29, 0.717) is 12.8 Å². The second-order valence-corrected chi connectivity index (χ2v) is 10.8. The number of amides is 1. The summed E-state index contributed by atoms with van der Waals surface area (Å²) in [5.41, 5.74) is -0.213. The number of hydrogen-bond acceptors (Lipinski definition) is 11. The van der Waals surface area contributed by atoms with E-state index in [1.807, 2.05) is 0 Å². The number of methoxy groups -OCH3 is 2. The van der Waals surface area contributed by atoms with E-state index in [1.165, 1.54) is 26.5 Å². The van der Waals surface area contributed by atoms with E-state index >= 15 is 0 Å². The number of cyclic esters (lactones) is 1. The van der Waals surface area contributed by atoms with Gasteiger partial charge in [0.15, 0.2) is 17.5 Å². The molecular weight excluding hydrogens is 536 g/mol. The van der Waals surface area contributed by atoms with Crippen molar-refractivity contribution in [1.82, 2.24) is 10.3 Å². The zero-order valence-electron chi connectivity index (χ0n) is 23.9. The van der Waals surface area contributed by atoms with Crippen molar-refractivity contribution in [2.75, 3.05) is 20.8 Å². The van der Waals surface area contributed by atoms with Crippen molar-refractivity contribution in [1.29, 1.82) is 0 Å². The molecule has 1 N–H and O–H groups in total. The van der Waals surface area contributed by atoms with Crippen LogP contribution < -0.4 is 14.8 Å². The maximum absolute atomic E-state index is 13.3. The number of ether oxygens (including phenoxy) is 6. The predicted molar refractivity (Wildman–Crippen MR) is 143 cm³/mol. The molecular formula is C29H40N2O10. The molecule has 2 saturated carbocycles. The predicted octanol–water partition coefficient (Wildman–Crippen LogP) is 2.90. The second kappa shape index (κ2) is 14.6. The van der Waals surface area contributed by atoms with E-state index in [-0.39, 0.29) is 54.6 Å². The standard InChI is InChI=1S/C29H40N2O10/c1-17-25(41-28(34)18-11-12-18)22(39-19-7-4-5-8-19)10-6-9-20(29(35)38-17)31-27(33)24-26(21(37-3)13-15-30-24)40-23(32)14-16-36-2/h13,15,17-20,22,25H,4-12,14,16H2,1-3H3,(H,31,33)/t17-,20-,22-,25-/m0/s1. The van der Waals surface area contributed by atoms with Crippen LogP contribution in [-0.4, -0.2) is 80.1 Å². The van der Waals surface area contributed by atoms with Gasteiger partial charge in [0.1, 0.15) is 12.1 Å². The first kappa shape index (κ1) is 30.7. The lowest BCUT2D eigenvalue weighted by Gasteiger charge is -2.32. The van der Waals surface area contributed by atoms with Crippen molar-refractivity contribution in [3.63, 3.8) is 0 Å². The Balaban J connectivity index is 1.49. The van der Waals surface area contributed by atoms with Crippen molar-refractivity contribution >= 4 is 23.8 Å². The molecule has 0 radical (unpaired) electrons. The van der Waals surface area contributed by atoms with Crippen LogP contribution in [0.15, 0.2) is 12.3 Å². The lowest BCUT2D eigenvalue weighted by Crippen LogP contribution is -2.47. The number of carbonyl (C=O) groups is 4. The Kier molecular flexibility index (Phi) is 10.9. The maximum Gasteiger partial charge on any atom is 0.329 e. The molecule has 1 aromatic heterocycles. The zero-order valence-corrected chi connectivity index (χ0v) is 23.9. The van der Waals surface area contributed by atoms with Crippen LogP contribution in [-0.2, 0) is 33.3 Å². The van der Waals surface area contributed by atoms with E-state index in [1.54, 1.807) is 6.92 Å². The molecule has 3 fully saturated rings. The lowest BCUT2D eigenvalue weighted by atomic mass is 10.0. The monoisotopic (exact) mass is 576 g/mol. The van der Waals surface area contributed by atoms with Crippen LogP contribution in [0.2, 0.25) is 0 Å². The molecule has 0 spiro atoms. The normalized spacial score (nSPS) is 25.3. The molecule has 0 aromatic carbocycles. The molecule has 2 aliphatic carbocycles. The van der Waals surface area contributed by atoms with Gasteiger partial charge >= 0.3 is 17.9 Å². The van der Waals surface area contributed by atoms with Gasteiger partial charge in [0.2, 0.25) is 5.75 Å². The van der Waals surface area contributed by atoms with Crippen LogP contribution in [0.25, 0.3) is 0 Å². The van der Waals surface area contributed by atoms with Crippen molar-refractivity contribution in [3.05, 3.63) is 18.0 Å². The second-order valence-electron chi connectivity index (χ2n) is 10.8. The Labute approximate surface area is 239 Å². The van der Waals surface area contributed by atoms with Crippen LogP contribution in [0.4, 0.5) is 0 Å². The average Bonchev–Trinajstić information content (AvgIpc) is 3.68. The highest BCUT2D eigenvalue weighted by atomic mass is 16.6. The minimum Gasteiger partial charge on any atom is -0.493 e. The fourth-order valence-corrected chi connectivity index (χ4v) is 5.14. The highest BCUT2D eigenvalue weighted by Crippen LogP contribution is 2.34. The summed E-state index contributed by atoms with van der Waals surface area (Å²) in [4.78, 5) is 55.6. The number of aromatic nitrogens is 1.